The van der Waals surface area contributed by atoms with Crippen LogP contribution < -0.4 is 21.2 Å². The van der Waals surface area contributed by atoms with E-state index < -0.39 is 0 Å². The summed E-state index contributed by atoms with van der Waals surface area (Å²) in [6, 6.07) is 9.50. The van der Waals surface area contributed by atoms with Gasteiger partial charge in [0.2, 0.25) is 0 Å². The molecule has 1 rings (SSSR count). The predicted molar refractivity (Wildman–Crippen MR) is 57.9 cm³/mol. The average molecular weight is 304 g/mol. The summed E-state index contributed by atoms with van der Waals surface area (Å²) in [5.74, 6) is 0. The fourth-order valence-electron chi connectivity index (χ4n) is 1.35. The summed E-state index contributed by atoms with van der Waals surface area (Å²) in [5.41, 5.74) is 1.55. The molecular formula is C12H19IN-. The SMILES string of the molecule is C[I-]c1ccccc1C[C@@H](C)N(C)C. The van der Waals surface area contributed by atoms with Gasteiger partial charge in [-0.3, -0.25) is 0 Å². The van der Waals surface area contributed by atoms with Crippen molar-refractivity contribution in [1.29, 1.82) is 0 Å². The van der Waals surface area contributed by atoms with Crippen molar-refractivity contribution in [2.24, 2.45) is 0 Å². The fourth-order valence-corrected chi connectivity index (χ4v) is 3.01. The Hall–Kier alpha value is -0.0900. The van der Waals surface area contributed by atoms with E-state index in [0.29, 0.717) is 6.04 Å². The second kappa shape index (κ2) is 5.71. The number of hydrogen-bond acceptors (Lipinski definition) is 1. The summed E-state index contributed by atoms with van der Waals surface area (Å²) in [7, 11) is 4.29. The monoisotopic (exact) mass is 304 g/mol. The number of benzene rings is 1. The van der Waals surface area contributed by atoms with Gasteiger partial charge in [-0.25, -0.2) is 0 Å². The number of rotatable bonds is 4. The summed E-state index contributed by atoms with van der Waals surface area (Å²) in [4.78, 5) is 4.61. The Morgan fingerprint density at radius 2 is 1.93 bits per heavy atom. The van der Waals surface area contributed by atoms with Crippen LogP contribution >= 0.6 is 0 Å². The van der Waals surface area contributed by atoms with E-state index in [1.54, 1.807) is 9.13 Å². The quantitative estimate of drug-likeness (QED) is 0.513. The van der Waals surface area contributed by atoms with E-state index in [0.717, 1.165) is 0 Å². The van der Waals surface area contributed by atoms with Gasteiger partial charge in [0.1, 0.15) is 0 Å². The van der Waals surface area contributed by atoms with Crippen molar-refractivity contribution in [3.63, 3.8) is 0 Å². The first-order valence-corrected chi connectivity index (χ1v) is 8.12. The number of alkyl halides is 1. The fraction of sp³-hybridized carbons (Fsp3) is 0.500. The van der Waals surface area contributed by atoms with Crippen molar-refractivity contribution in [3.8, 4) is 0 Å². The molecule has 0 spiro atoms. The molecule has 0 aliphatic carbocycles. The Kier molecular flexibility index (Phi) is 4.89. The van der Waals surface area contributed by atoms with E-state index in [1.807, 2.05) is 0 Å². The minimum atomic E-state index is 0.217. The molecule has 80 valence electrons. The topological polar surface area (TPSA) is 3.24 Å². The van der Waals surface area contributed by atoms with Gasteiger partial charge in [-0.2, -0.15) is 0 Å². The van der Waals surface area contributed by atoms with Gasteiger partial charge in [-0.15, -0.1) is 0 Å². The van der Waals surface area contributed by atoms with E-state index in [4.69, 9.17) is 0 Å². The van der Waals surface area contributed by atoms with E-state index >= 15 is 0 Å². The van der Waals surface area contributed by atoms with Crippen LogP contribution in [0, 0.1) is 3.57 Å². The molecule has 0 saturated heterocycles. The Bertz CT molecular complexity index is 283. The van der Waals surface area contributed by atoms with Crippen LogP contribution in [0.25, 0.3) is 0 Å². The molecule has 0 saturated carbocycles. The molecule has 0 fully saturated rings. The van der Waals surface area contributed by atoms with Gasteiger partial charge in [0, 0.05) is 0 Å². The summed E-state index contributed by atoms with van der Waals surface area (Å²) >= 11 is 0.217. The first-order chi connectivity index (χ1) is 6.65. The van der Waals surface area contributed by atoms with Gasteiger partial charge >= 0.3 is 97.9 Å². The Balaban J connectivity index is 2.75. The third kappa shape index (κ3) is 3.24. The third-order valence-electron chi connectivity index (χ3n) is 2.56. The molecule has 0 unspecified atom stereocenters. The summed E-state index contributed by atoms with van der Waals surface area (Å²) in [6.45, 7) is 2.28. The van der Waals surface area contributed by atoms with Crippen LogP contribution in [0.15, 0.2) is 24.3 Å². The molecule has 0 N–H and O–H groups in total. The number of hydrogen-bond donors (Lipinski definition) is 0. The van der Waals surface area contributed by atoms with E-state index in [-0.39, 0.29) is 21.2 Å². The van der Waals surface area contributed by atoms with Crippen LogP contribution in [0.5, 0.6) is 0 Å². The molecule has 1 aromatic rings. The van der Waals surface area contributed by atoms with Crippen molar-refractivity contribution >= 4 is 0 Å². The van der Waals surface area contributed by atoms with Gasteiger partial charge in [0.05, 0.1) is 0 Å². The summed E-state index contributed by atoms with van der Waals surface area (Å²) in [5, 5.41) is 0. The van der Waals surface area contributed by atoms with Crippen LogP contribution in [0.1, 0.15) is 12.5 Å². The Labute approximate surface area is 97.8 Å². The predicted octanol–water partition coefficient (Wildman–Crippen LogP) is -0.932. The Morgan fingerprint density at radius 3 is 2.50 bits per heavy atom. The summed E-state index contributed by atoms with van der Waals surface area (Å²) in [6.07, 6.45) is 1.18. The van der Waals surface area contributed by atoms with Crippen molar-refractivity contribution in [1.82, 2.24) is 4.90 Å². The molecule has 0 aliphatic rings. The van der Waals surface area contributed by atoms with Crippen molar-refractivity contribution in [3.05, 3.63) is 33.4 Å². The molecule has 0 amide bonds. The number of nitrogens with zero attached hydrogens (tertiary/aromatic N) is 1. The van der Waals surface area contributed by atoms with Gasteiger partial charge in [0.15, 0.2) is 0 Å². The zero-order valence-corrected chi connectivity index (χ0v) is 11.6. The molecule has 2 heteroatoms. The molecule has 0 heterocycles. The van der Waals surface area contributed by atoms with E-state index in [9.17, 15) is 0 Å². The zero-order chi connectivity index (χ0) is 10.6. The van der Waals surface area contributed by atoms with Gasteiger partial charge in [0.25, 0.3) is 0 Å². The average Bonchev–Trinajstić information content (AvgIpc) is 2.18. The molecule has 1 nitrogen and oxygen atoms in total. The van der Waals surface area contributed by atoms with Crippen LogP contribution in [0.2, 0.25) is 0 Å². The normalized spacial score (nSPS) is 13.5. The molecular weight excluding hydrogens is 285 g/mol. The first kappa shape index (κ1) is 12.0. The molecule has 1 aromatic carbocycles. The molecule has 1 atom stereocenters. The first-order valence-electron chi connectivity index (χ1n) is 4.89. The van der Waals surface area contributed by atoms with Crippen molar-refractivity contribution in [2.45, 2.75) is 19.4 Å². The molecule has 14 heavy (non-hydrogen) atoms. The second-order valence-corrected chi connectivity index (χ2v) is 6.04. The van der Waals surface area contributed by atoms with Crippen LogP contribution in [-0.4, -0.2) is 30.0 Å². The van der Waals surface area contributed by atoms with E-state index in [1.165, 1.54) is 6.42 Å². The van der Waals surface area contributed by atoms with Crippen molar-refractivity contribution < 1.29 is 21.2 Å². The number of halogens is 1. The van der Waals surface area contributed by atoms with Crippen LogP contribution in [-0.2, 0) is 6.42 Å². The molecule has 0 radical (unpaired) electrons. The Morgan fingerprint density at radius 1 is 1.29 bits per heavy atom. The number of likely N-dealkylation sites (N-methyl/N-ethyl adjacent to an activating group) is 1. The van der Waals surface area contributed by atoms with Crippen molar-refractivity contribution in [2.75, 3.05) is 19.0 Å². The third-order valence-corrected chi connectivity index (χ3v) is 4.77. The second-order valence-electron chi connectivity index (χ2n) is 3.80. The minimum absolute atomic E-state index is 0.217. The standard InChI is InChI=1S/C12H19IN/c1-10(14(3)4)9-11-7-5-6-8-12(11)13-2/h5-8,10H,9H2,1-4H3/q-1/t10-/m1/s1. The van der Waals surface area contributed by atoms with Crippen LogP contribution in [0.4, 0.5) is 0 Å². The van der Waals surface area contributed by atoms with Gasteiger partial charge < -0.3 is 0 Å². The molecule has 0 aromatic heterocycles. The van der Waals surface area contributed by atoms with Gasteiger partial charge in [-0.05, 0) is 0 Å². The van der Waals surface area contributed by atoms with E-state index in [2.05, 4.69) is 55.1 Å². The van der Waals surface area contributed by atoms with Crippen LogP contribution in [0.3, 0.4) is 0 Å². The summed E-state index contributed by atoms with van der Waals surface area (Å²) < 4.78 is 1.60. The maximum atomic E-state index is 2.33. The zero-order valence-electron chi connectivity index (χ0n) is 9.42. The molecule has 0 bridgehead atoms. The van der Waals surface area contributed by atoms with Gasteiger partial charge in [-0.1, -0.05) is 0 Å². The molecule has 0 aliphatic heterocycles. The maximum absolute atomic E-state index is 2.33.